The van der Waals surface area contributed by atoms with E-state index in [0.717, 1.165) is 11.1 Å². The molecule has 3 aromatic rings. The number of carbonyl (C=O) groups excluding carboxylic acids is 2. The molecule has 0 saturated carbocycles. The summed E-state index contributed by atoms with van der Waals surface area (Å²) in [5.41, 5.74) is 8.63. The van der Waals surface area contributed by atoms with Crippen LogP contribution >= 0.6 is 0 Å². The number of rotatable bonds is 10. The lowest BCUT2D eigenvalue weighted by molar-refractivity contribution is -0.134. The lowest BCUT2D eigenvalue weighted by Crippen LogP contribution is -2.19. The molecule has 0 amide bonds. The van der Waals surface area contributed by atoms with Crippen molar-refractivity contribution >= 4 is 29.8 Å². The molecule has 3 aromatic carbocycles. The second-order valence-corrected chi connectivity index (χ2v) is 7.37. The van der Waals surface area contributed by atoms with Gasteiger partial charge in [-0.3, -0.25) is 0 Å². The summed E-state index contributed by atoms with van der Waals surface area (Å²) in [7, 11) is 1.32. The third-order valence-corrected chi connectivity index (χ3v) is 4.86. The molecular weight excluding hydrogens is 430 g/mol. The minimum atomic E-state index is -0.521. The summed E-state index contributed by atoms with van der Waals surface area (Å²) in [4.78, 5) is 24.0. The van der Waals surface area contributed by atoms with Crippen molar-refractivity contribution in [3.05, 3.63) is 108 Å². The maximum atomic E-state index is 12.6. The summed E-state index contributed by atoms with van der Waals surface area (Å²) in [6.45, 7) is 0.289. The number of anilines is 1. The van der Waals surface area contributed by atoms with Gasteiger partial charge < -0.3 is 19.9 Å². The molecule has 2 N–H and O–H groups in total. The molecule has 0 aromatic heterocycles. The highest BCUT2D eigenvalue weighted by Crippen LogP contribution is 2.20. The molecule has 1 atom stereocenters. The molecule has 174 valence electrons. The van der Waals surface area contributed by atoms with E-state index in [4.69, 9.17) is 15.2 Å². The molecule has 0 saturated heterocycles. The number of benzene rings is 3. The van der Waals surface area contributed by atoms with Crippen molar-refractivity contribution in [2.75, 3.05) is 19.5 Å². The van der Waals surface area contributed by atoms with Crippen LogP contribution < -0.4 is 10.5 Å². The lowest BCUT2D eigenvalue weighted by Gasteiger charge is -2.16. The number of hydrogen-bond donors (Lipinski definition) is 1. The van der Waals surface area contributed by atoms with E-state index in [1.165, 1.54) is 13.2 Å². The predicted octanol–water partition coefficient (Wildman–Crippen LogP) is 5.16. The highest BCUT2D eigenvalue weighted by molar-refractivity contribution is 5.89. The van der Waals surface area contributed by atoms with Crippen LogP contribution in [0.5, 0.6) is 5.75 Å². The van der Waals surface area contributed by atoms with Crippen molar-refractivity contribution in [2.45, 2.75) is 12.5 Å². The smallest absolute Gasteiger partial charge is 0.338 e. The van der Waals surface area contributed by atoms with Crippen LogP contribution in [0.1, 0.15) is 27.9 Å². The first kappa shape index (κ1) is 24.3. The van der Waals surface area contributed by atoms with Crippen molar-refractivity contribution in [1.82, 2.24) is 0 Å². The van der Waals surface area contributed by atoms with Crippen molar-refractivity contribution in [1.29, 1.82) is 0 Å². The van der Waals surface area contributed by atoms with Crippen LogP contribution in [0.2, 0.25) is 0 Å². The van der Waals surface area contributed by atoms with Crippen LogP contribution in [0.3, 0.4) is 0 Å². The van der Waals surface area contributed by atoms with Crippen molar-refractivity contribution < 1.29 is 23.8 Å². The van der Waals surface area contributed by atoms with Crippen LogP contribution in [0.25, 0.3) is 12.2 Å². The highest BCUT2D eigenvalue weighted by atomic mass is 16.5. The van der Waals surface area contributed by atoms with E-state index in [0.29, 0.717) is 23.4 Å². The topological polar surface area (TPSA) is 87.8 Å². The summed E-state index contributed by atoms with van der Waals surface area (Å²) in [5, 5.41) is 0. The minimum absolute atomic E-state index is 0.289. The van der Waals surface area contributed by atoms with E-state index in [1.807, 2.05) is 66.7 Å². The molecule has 0 spiro atoms. The van der Waals surface area contributed by atoms with Gasteiger partial charge in [0.25, 0.3) is 0 Å². The fraction of sp³-hybridized carbons (Fsp3) is 0.143. The Labute approximate surface area is 199 Å². The predicted molar refractivity (Wildman–Crippen MR) is 133 cm³/mol. The molecule has 0 bridgehead atoms. The number of methoxy groups -OCH3 is 1. The quantitative estimate of drug-likeness (QED) is 0.257. The van der Waals surface area contributed by atoms with E-state index < -0.39 is 18.0 Å². The average Bonchev–Trinajstić information content (AvgIpc) is 2.86. The summed E-state index contributed by atoms with van der Waals surface area (Å²) >= 11 is 0. The molecule has 0 fully saturated rings. The molecule has 0 radical (unpaired) electrons. The number of nitrogens with two attached hydrogens (primary N) is 1. The summed E-state index contributed by atoms with van der Waals surface area (Å²) in [5.74, 6) is -0.255. The second kappa shape index (κ2) is 12.6. The zero-order chi connectivity index (χ0) is 24.2. The SMILES string of the molecule is COC(=O)/C=C/c1ccccc1OCCC(C=Cc1cccc(N)c1)OC(=O)c1ccccc1. The van der Waals surface area contributed by atoms with Gasteiger partial charge in [-0.25, -0.2) is 9.59 Å². The van der Waals surface area contributed by atoms with Crippen LogP contribution in [-0.4, -0.2) is 31.8 Å². The molecule has 6 heteroatoms. The number of nitrogen functional groups attached to an aromatic ring is 1. The lowest BCUT2D eigenvalue weighted by atomic mass is 10.1. The Morgan fingerprint density at radius 1 is 0.941 bits per heavy atom. The molecular formula is C28H27NO5. The molecule has 1 unspecified atom stereocenters. The summed E-state index contributed by atoms with van der Waals surface area (Å²) in [6, 6.07) is 23.6. The van der Waals surface area contributed by atoms with Gasteiger partial charge in [0.05, 0.1) is 19.3 Å². The van der Waals surface area contributed by atoms with Crippen molar-refractivity contribution in [2.24, 2.45) is 0 Å². The largest absolute Gasteiger partial charge is 0.493 e. The molecule has 0 aliphatic heterocycles. The molecule has 0 heterocycles. The Balaban J connectivity index is 1.70. The maximum absolute atomic E-state index is 12.6. The van der Waals surface area contributed by atoms with Gasteiger partial charge in [0.2, 0.25) is 0 Å². The maximum Gasteiger partial charge on any atom is 0.338 e. The van der Waals surface area contributed by atoms with Crippen LogP contribution in [0.4, 0.5) is 5.69 Å². The second-order valence-electron chi connectivity index (χ2n) is 7.37. The first-order valence-electron chi connectivity index (χ1n) is 10.8. The number of carbonyl (C=O) groups is 2. The van der Waals surface area contributed by atoms with E-state index in [1.54, 1.807) is 30.3 Å². The number of esters is 2. The first-order chi connectivity index (χ1) is 16.5. The zero-order valence-corrected chi connectivity index (χ0v) is 18.9. The molecule has 0 aliphatic carbocycles. The van der Waals surface area contributed by atoms with Crippen LogP contribution in [-0.2, 0) is 14.3 Å². The Hall–Kier alpha value is -4.32. The van der Waals surface area contributed by atoms with E-state index in [-0.39, 0.29) is 6.61 Å². The van der Waals surface area contributed by atoms with E-state index >= 15 is 0 Å². The molecule has 6 nitrogen and oxygen atoms in total. The van der Waals surface area contributed by atoms with Crippen LogP contribution in [0.15, 0.2) is 91.0 Å². The highest BCUT2D eigenvalue weighted by Gasteiger charge is 2.14. The normalized spacial score (nSPS) is 11.9. The molecule has 3 rings (SSSR count). The number of ether oxygens (including phenoxy) is 3. The van der Waals surface area contributed by atoms with Crippen molar-refractivity contribution in [3.8, 4) is 5.75 Å². The number of para-hydroxylation sites is 1. The van der Waals surface area contributed by atoms with Crippen molar-refractivity contribution in [3.63, 3.8) is 0 Å². The first-order valence-corrected chi connectivity index (χ1v) is 10.8. The Morgan fingerprint density at radius 3 is 2.47 bits per heavy atom. The molecule has 0 aliphatic rings. The standard InChI is InChI=1S/C28H27NO5/c1-32-27(30)17-15-22-9-5-6-13-26(22)33-19-18-25(16-14-21-8-7-12-24(29)20-21)34-28(31)23-10-3-2-4-11-23/h2-17,20,25H,18-19,29H2,1H3/b16-14?,17-15+. The zero-order valence-electron chi connectivity index (χ0n) is 18.9. The Kier molecular flexibility index (Phi) is 9.05. The minimum Gasteiger partial charge on any atom is -0.493 e. The van der Waals surface area contributed by atoms with Gasteiger partial charge in [-0.15, -0.1) is 0 Å². The van der Waals surface area contributed by atoms with Gasteiger partial charge in [0.15, 0.2) is 0 Å². The third kappa shape index (κ3) is 7.67. The van der Waals surface area contributed by atoms with E-state index in [9.17, 15) is 9.59 Å². The third-order valence-electron chi connectivity index (χ3n) is 4.86. The Bertz CT molecular complexity index is 1150. The fourth-order valence-electron chi connectivity index (χ4n) is 3.12. The van der Waals surface area contributed by atoms with Gasteiger partial charge in [-0.2, -0.15) is 0 Å². The van der Waals surface area contributed by atoms with Gasteiger partial charge in [-0.1, -0.05) is 54.6 Å². The van der Waals surface area contributed by atoms with Crippen LogP contribution in [0, 0.1) is 0 Å². The summed E-state index contributed by atoms with van der Waals surface area (Å²) in [6.07, 6.45) is 6.56. The monoisotopic (exact) mass is 457 g/mol. The fourth-order valence-corrected chi connectivity index (χ4v) is 3.12. The average molecular weight is 458 g/mol. The van der Waals surface area contributed by atoms with Gasteiger partial charge in [0.1, 0.15) is 11.9 Å². The van der Waals surface area contributed by atoms with E-state index in [2.05, 4.69) is 4.74 Å². The Morgan fingerprint density at radius 2 is 1.71 bits per heavy atom. The van der Waals surface area contributed by atoms with Gasteiger partial charge in [-0.05, 0) is 48.0 Å². The van der Waals surface area contributed by atoms with Gasteiger partial charge in [0, 0.05) is 23.7 Å². The number of hydrogen-bond acceptors (Lipinski definition) is 6. The van der Waals surface area contributed by atoms with Gasteiger partial charge >= 0.3 is 11.9 Å². The summed E-state index contributed by atoms with van der Waals surface area (Å²) < 4.78 is 16.3. The molecule has 34 heavy (non-hydrogen) atoms.